The van der Waals surface area contributed by atoms with Crippen molar-refractivity contribution in [2.75, 3.05) is 14.2 Å². The van der Waals surface area contributed by atoms with E-state index < -0.39 is 0 Å². The minimum atomic E-state index is -0.373. The molecule has 0 saturated heterocycles. The van der Waals surface area contributed by atoms with Gasteiger partial charge in [0.15, 0.2) is 5.43 Å². The number of nitrogens with one attached hydrogen (secondary N) is 1. The first-order valence-corrected chi connectivity index (χ1v) is 9.77. The molecule has 0 fully saturated rings. The molecule has 0 aliphatic carbocycles. The van der Waals surface area contributed by atoms with Gasteiger partial charge in [0.05, 0.1) is 25.8 Å². The molecule has 7 nitrogen and oxygen atoms in total. The van der Waals surface area contributed by atoms with Crippen LogP contribution in [0.25, 0.3) is 22.3 Å². The van der Waals surface area contributed by atoms with E-state index in [4.69, 9.17) is 13.9 Å². The van der Waals surface area contributed by atoms with Gasteiger partial charge in [0.25, 0.3) is 5.91 Å². The Balaban J connectivity index is 1.48. The molecule has 1 heterocycles. The van der Waals surface area contributed by atoms with Crippen LogP contribution in [-0.2, 0) is 0 Å². The SMILES string of the molecule is COc1cc(/C=N/NC(=O)c2ccc(-c3cc(=O)c4ccccc4o3)cc2)cc(OC)c1. The zero-order valence-corrected chi connectivity index (χ0v) is 17.5. The average Bonchev–Trinajstić information content (AvgIpc) is 2.83. The summed E-state index contributed by atoms with van der Waals surface area (Å²) in [6.07, 6.45) is 1.50. The fraction of sp³-hybridized carbons (Fsp3) is 0.0800. The number of hydrogen-bond donors (Lipinski definition) is 1. The number of hydrogen-bond acceptors (Lipinski definition) is 6. The van der Waals surface area contributed by atoms with Crippen molar-refractivity contribution in [3.05, 3.63) is 94.1 Å². The number of methoxy groups -OCH3 is 2. The number of carbonyl (C=O) groups excluding carboxylic acids is 1. The first-order valence-electron chi connectivity index (χ1n) is 9.77. The first-order chi connectivity index (χ1) is 15.6. The van der Waals surface area contributed by atoms with Crippen LogP contribution in [0.5, 0.6) is 11.5 Å². The van der Waals surface area contributed by atoms with Crippen molar-refractivity contribution in [3.63, 3.8) is 0 Å². The van der Waals surface area contributed by atoms with Crippen LogP contribution in [-0.4, -0.2) is 26.3 Å². The second kappa shape index (κ2) is 9.18. The number of amides is 1. The Morgan fingerprint density at radius 2 is 1.62 bits per heavy atom. The summed E-state index contributed by atoms with van der Waals surface area (Å²) < 4.78 is 16.3. The summed E-state index contributed by atoms with van der Waals surface area (Å²) in [5.41, 5.74) is 4.70. The highest BCUT2D eigenvalue weighted by Gasteiger charge is 2.09. The van der Waals surface area contributed by atoms with Crippen LogP contribution in [0.4, 0.5) is 0 Å². The summed E-state index contributed by atoms with van der Waals surface area (Å²) in [7, 11) is 3.12. The smallest absolute Gasteiger partial charge is 0.271 e. The maximum Gasteiger partial charge on any atom is 0.271 e. The highest BCUT2D eigenvalue weighted by molar-refractivity contribution is 5.95. The molecule has 0 aliphatic heterocycles. The van der Waals surface area contributed by atoms with Crippen LogP contribution in [0.3, 0.4) is 0 Å². The molecule has 32 heavy (non-hydrogen) atoms. The van der Waals surface area contributed by atoms with Gasteiger partial charge in [0.2, 0.25) is 0 Å². The maximum atomic E-state index is 12.4. The molecule has 0 aliphatic rings. The van der Waals surface area contributed by atoms with E-state index in [2.05, 4.69) is 10.5 Å². The van der Waals surface area contributed by atoms with Crippen LogP contribution < -0.4 is 20.3 Å². The van der Waals surface area contributed by atoms with Gasteiger partial charge in [-0.3, -0.25) is 9.59 Å². The second-order valence-electron chi connectivity index (χ2n) is 6.89. The number of rotatable bonds is 6. The predicted molar refractivity (Wildman–Crippen MR) is 123 cm³/mol. The summed E-state index contributed by atoms with van der Waals surface area (Å²) in [5, 5.41) is 4.53. The third-order valence-electron chi connectivity index (χ3n) is 4.82. The molecule has 160 valence electrons. The summed E-state index contributed by atoms with van der Waals surface area (Å²) in [5.74, 6) is 1.30. The molecule has 0 radical (unpaired) electrons. The third-order valence-corrected chi connectivity index (χ3v) is 4.82. The second-order valence-corrected chi connectivity index (χ2v) is 6.89. The number of carbonyl (C=O) groups is 1. The number of nitrogens with zero attached hydrogens (tertiary/aromatic N) is 1. The van der Waals surface area contributed by atoms with Crippen molar-refractivity contribution in [1.29, 1.82) is 0 Å². The Hall–Kier alpha value is -4.39. The van der Waals surface area contributed by atoms with E-state index in [1.54, 1.807) is 74.9 Å². The molecular weight excluding hydrogens is 408 g/mol. The lowest BCUT2D eigenvalue weighted by Crippen LogP contribution is -2.17. The number of hydrazone groups is 1. The van der Waals surface area contributed by atoms with Gasteiger partial charge in [-0.15, -0.1) is 0 Å². The molecule has 0 spiro atoms. The molecule has 1 amide bonds. The quantitative estimate of drug-likeness (QED) is 0.366. The standard InChI is InChI=1S/C25H20N2O5/c1-30-19-11-16(12-20(13-19)31-2)15-26-27-25(29)18-9-7-17(8-10-18)24-14-22(28)21-5-3-4-6-23(21)32-24/h3-15H,1-2H3,(H,27,29)/b26-15+. The molecule has 4 aromatic rings. The fourth-order valence-corrected chi connectivity index (χ4v) is 3.17. The van der Waals surface area contributed by atoms with Crippen molar-refractivity contribution in [1.82, 2.24) is 5.43 Å². The lowest BCUT2D eigenvalue weighted by atomic mass is 10.1. The molecule has 3 aromatic carbocycles. The number of ether oxygens (including phenoxy) is 2. The van der Waals surface area contributed by atoms with Crippen LogP contribution in [0.2, 0.25) is 0 Å². The monoisotopic (exact) mass is 428 g/mol. The van der Waals surface area contributed by atoms with Crippen LogP contribution in [0, 0.1) is 0 Å². The van der Waals surface area contributed by atoms with Crippen LogP contribution >= 0.6 is 0 Å². The van der Waals surface area contributed by atoms with Gasteiger partial charge < -0.3 is 13.9 Å². The van der Waals surface area contributed by atoms with Gasteiger partial charge in [0, 0.05) is 28.8 Å². The van der Waals surface area contributed by atoms with E-state index in [1.165, 1.54) is 12.3 Å². The first kappa shape index (κ1) is 20.9. The van der Waals surface area contributed by atoms with Crippen molar-refractivity contribution in [2.24, 2.45) is 5.10 Å². The number of benzene rings is 3. The molecule has 0 bridgehead atoms. The zero-order chi connectivity index (χ0) is 22.5. The van der Waals surface area contributed by atoms with Crippen LogP contribution in [0.1, 0.15) is 15.9 Å². The van der Waals surface area contributed by atoms with Gasteiger partial charge in [-0.2, -0.15) is 5.10 Å². The molecule has 0 saturated carbocycles. The van der Waals surface area contributed by atoms with Gasteiger partial charge in [-0.25, -0.2) is 5.43 Å². The molecule has 0 unspecified atom stereocenters. The summed E-state index contributed by atoms with van der Waals surface area (Å²) in [6, 6.07) is 20.5. The van der Waals surface area contributed by atoms with Gasteiger partial charge in [-0.1, -0.05) is 24.3 Å². The topological polar surface area (TPSA) is 90.1 Å². The van der Waals surface area contributed by atoms with Crippen molar-refractivity contribution < 1.29 is 18.7 Å². The highest BCUT2D eigenvalue weighted by Crippen LogP contribution is 2.23. The predicted octanol–water partition coefficient (Wildman–Crippen LogP) is 4.24. The van der Waals surface area contributed by atoms with Gasteiger partial charge in [0.1, 0.15) is 22.8 Å². The Morgan fingerprint density at radius 1 is 0.938 bits per heavy atom. The average molecular weight is 428 g/mol. The van der Waals surface area contributed by atoms with E-state index in [1.807, 2.05) is 6.07 Å². The Bertz CT molecular complexity index is 1330. The fourth-order valence-electron chi connectivity index (χ4n) is 3.17. The normalized spacial score (nSPS) is 10.9. The Labute approximate surface area is 183 Å². The minimum absolute atomic E-state index is 0.118. The van der Waals surface area contributed by atoms with Crippen molar-refractivity contribution >= 4 is 23.1 Å². The number of para-hydroxylation sites is 1. The zero-order valence-electron chi connectivity index (χ0n) is 17.5. The Morgan fingerprint density at radius 3 is 2.31 bits per heavy atom. The number of fused-ring (bicyclic) bond motifs is 1. The highest BCUT2D eigenvalue weighted by atomic mass is 16.5. The molecule has 1 aromatic heterocycles. The van der Waals surface area contributed by atoms with E-state index in [-0.39, 0.29) is 11.3 Å². The maximum absolute atomic E-state index is 12.4. The molecular formula is C25H20N2O5. The third kappa shape index (κ3) is 4.52. The lowest BCUT2D eigenvalue weighted by Gasteiger charge is -2.06. The molecule has 0 atom stereocenters. The van der Waals surface area contributed by atoms with Gasteiger partial charge in [-0.05, 0) is 36.4 Å². The summed E-state index contributed by atoms with van der Waals surface area (Å²) in [6.45, 7) is 0. The lowest BCUT2D eigenvalue weighted by molar-refractivity contribution is 0.0955. The Kier molecular flexibility index (Phi) is 5.98. The van der Waals surface area contributed by atoms with E-state index in [0.29, 0.717) is 44.9 Å². The van der Waals surface area contributed by atoms with Crippen LogP contribution in [0.15, 0.2) is 87.1 Å². The van der Waals surface area contributed by atoms with E-state index in [0.717, 1.165) is 0 Å². The van der Waals surface area contributed by atoms with Crippen molar-refractivity contribution in [3.8, 4) is 22.8 Å². The van der Waals surface area contributed by atoms with Gasteiger partial charge >= 0.3 is 0 Å². The molecule has 7 heteroatoms. The van der Waals surface area contributed by atoms with E-state index in [9.17, 15) is 9.59 Å². The molecule has 1 N–H and O–H groups in total. The van der Waals surface area contributed by atoms with E-state index >= 15 is 0 Å². The largest absolute Gasteiger partial charge is 0.497 e. The summed E-state index contributed by atoms with van der Waals surface area (Å²) in [4.78, 5) is 24.7. The minimum Gasteiger partial charge on any atom is -0.497 e. The molecule has 4 rings (SSSR count). The summed E-state index contributed by atoms with van der Waals surface area (Å²) >= 11 is 0. The van der Waals surface area contributed by atoms with Crippen molar-refractivity contribution in [2.45, 2.75) is 0 Å².